The average molecular weight is 310 g/mol. The molecule has 18 heavy (non-hydrogen) atoms. The highest BCUT2D eigenvalue weighted by Crippen LogP contribution is 2.35. The summed E-state index contributed by atoms with van der Waals surface area (Å²) < 4.78 is 5.34. The normalized spacial score (nSPS) is 11.4. The lowest BCUT2D eigenvalue weighted by Crippen LogP contribution is -2.03. The van der Waals surface area contributed by atoms with Crippen molar-refractivity contribution in [3.05, 3.63) is 38.8 Å². The van der Waals surface area contributed by atoms with Gasteiger partial charge in [-0.3, -0.25) is 0 Å². The summed E-state index contributed by atoms with van der Waals surface area (Å²) in [5, 5.41) is 9.81. The summed E-state index contributed by atoms with van der Waals surface area (Å²) in [5.74, 6) is -0.672. The van der Waals surface area contributed by atoms with E-state index < -0.39 is 5.97 Å². The zero-order valence-electron chi connectivity index (χ0n) is 9.54. The van der Waals surface area contributed by atoms with Crippen molar-refractivity contribution < 1.29 is 14.6 Å². The third kappa shape index (κ3) is 4.09. The number of aliphatic carboxylic acids is 1. The fourth-order valence-electron chi connectivity index (χ4n) is 1.28. The maximum absolute atomic E-state index is 10.8. The number of ether oxygens (including phenoxy) is 1. The zero-order chi connectivity index (χ0) is 13.7. The highest BCUT2D eigenvalue weighted by molar-refractivity contribution is 6.40. The fraction of sp³-hybridized carbons (Fsp3) is 0.250. The molecular weight excluding hydrogens is 298 g/mol. The third-order valence-corrected chi connectivity index (χ3v) is 2.96. The van der Waals surface area contributed by atoms with Crippen LogP contribution in [0.2, 0.25) is 15.1 Å². The summed E-state index contributed by atoms with van der Waals surface area (Å²) in [7, 11) is 0. The Morgan fingerprint density at radius 3 is 2.33 bits per heavy atom. The minimum absolute atomic E-state index is 0.0799. The molecule has 0 radical (unpaired) electrons. The van der Waals surface area contributed by atoms with Crippen LogP contribution in [0.5, 0.6) is 5.75 Å². The molecule has 1 rings (SSSR count). The minimum Gasteiger partial charge on any atom is -0.486 e. The van der Waals surface area contributed by atoms with Crippen molar-refractivity contribution in [3.8, 4) is 5.75 Å². The number of carbonyl (C=O) groups is 1. The van der Waals surface area contributed by atoms with Gasteiger partial charge in [-0.2, -0.15) is 0 Å². The summed E-state index contributed by atoms with van der Waals surface area (Å²) >= 11 is 17.6. The Balaban J connectivity index is 2.78. The molecule has 0 aromatic heterocycles. The van der Waals surface area contributed by atoms with Crippen LogP contribution in [0, 0.1) is 0 Å². The van der Waals surface area contributed by atoms with Gasteiger partial charge in [0.15, 0.2) is 5.75 Å². The van der Waals surface area contributed by atoms with Crippen LogP contribution in [0.25, 0.3) is 0 Å². The molecule has 1 aromatic carbocycles. The van der Waals surface area contributed by atoms with E-state index in [0.29, 0.717) is 17.2 Å². The number of rotatable bonds is 5. The molecule has 0 saturated carbocycles. The number of hydrogen-bond donors (Lipinski definition) is 1. The van der Waals surface area contributed by atoms with Gasteiger partial charge in [0.05, 0.1) is 10.0 Å². The van der Waals surface area contributed by atoms with Gasteiger partial charge in [0.2, 0.25) is 0 Å². The van der Waals surface area contributed by atoms with Gasteiger partial charge in [-0.15, -0.1) is 0 Å². The molecule has 0 spiro atoms. The van der Waals surface area contributed by atoms with Crippen molar-refractivity contribution >= 4 is 40.8 Å². The van der Waals surface area contributed by atoms with Crippen molar-refractivity contribution in [1.29, 1.82) is 0 Å². The average Bonchev–Trinajstić information content (AvgIpc) is 2.26. The van der Waals surface area contributed by atoms with Gasteiger partial charge in [-0.25, -0.2) is 4.79 Å². The van der Waals surface area contributed by atoms with Crippen LogP contribution in [-0.4, -0.2) is 17.7 Å². The Hall–Kier alpha value is -0.900. The van der Waals surface area contributed by atoms with Crippen molar-refractivity contribution in [3.63, 3.8) is 0 Å². The number of benzene rings is 1. The van der Waals surface area contributed by atoms with Gasteiger partial charge < -0.3 is 9.84 Å². The summed E-state index contributed by atoms with van der Waals surface area (Å²) in [6, 6.07) is 3.01. The molecule has 3 nitrogen and oxygen atoms in total. The largest absolute Gasteiger partial charge is 0.486 e. The summed E-state index contributed by atoms with van der Waals surface area (Å²) in [5.41, 5.74) is 0.274. The van der Waals surface area contributed by atoms with E-state index in [-0.39, 0.29) is 22.2 Å². The second kappa shape index (κ2) is 6.88. The van der Waals surface area contributed by atoms with Crippen LogP contribution < -0.4 is 4.74 Å². The quantitative estimate of drug-likeness (QED) is 0.818. The maximum atomic E-state index is 10.8. The van der Waals surface area contributed by atoms with E-state index >= 15 is 0 Å². The first-order chi connectivity index (χ1) is 8.45. The molecule has 0 heterocycles. The van der Waals surface area contributed by atoms with Crippen LogP contribution in [0.1, 0.15) is 13.3 Å². The second-order valence-electron chi connectivity index (χ2n) is 3.40. The number of halogens is 3. The smallest absolute Gasteiger partial charge is 0.331 e. The predicted octanol–water partition coefficient (Wildman–Crippen LogP) is 4.45. The van der Waals surface area contributed by atoms with E-state index in [4.69, 9.17) is 44.6 Å². The zero-order valence-corrected chi connectivity index (χ0v) is 11.8. The maximum Gasteiger partial charge on any atom is 0.331 e. The van der Waals surface area contributed by atoms with Crippen molar-refractivity contribution in [2.45, 2.75) is 13.3 Å². The molecule has 0 bridgehead atoms. The lowest BCUT2D eigenvalue weighted by molar-refractivity contribution is -0.132. The monoisotopic (exact) mass is 308 g/mol. The van der Waals surface area contributed by atoms with Crippen LogP contribution in [0.3, 0.4) is 0 Å². The summed E-state index contributed by atoms with van der Waals surface area (Å²) in [4.78, 5) is 10.8. The first-order valence-electron chi connectivity index (χ1n) is 5.15. The number of carboxylic acid groups (broad SMARTS) is 1. The molecule has 0 saturated heterocycles. The van der Waals surface area contributed by atoms with Gasteiger partial charge >= 0.3 is 5.97 Å². The molecule has 98 valence electrons. The third-order valence-electron chi connectivity index (χ3n) is 2.18. The highest BCUT2D eigenvalue weighted by atomic mass is 35.5. The molecule has 0 atom stereocenters. The van der Waals surface area contributed by atoms with Gasteiger partial charge in [0.1, 0.15) is 6.61 Å². The van der Waals surface area contributed by atoms with Crippen LogP contribution >= 0.6 is 34.8 Å². The lowest BCUT2D eigenvalue weighted by Gasteiger charge is -2.08. The lowest BCUT2D eigenvalue weighted by atomic mass is 10.2. The van der Waals surface area contributed by atoms with Crippen molar-refractivity contribution in [2.24, 2.45) is 0 Å². The SMILES string of the molecule is CCC(=CCOc1c(Cl)cc(Cl)cc1Cl)C(=O)O. The second-order valence-corrected chi connectivity index (χ2v) is 4.65. The topological polar surface area (TPSA) is 46.5 Å². The van der Waals surface area contributed by atoms with Crippen molar-refractivity contribution in [2.75, 3.05) is 6.61 Å². The molecule has 6 heteroatoms. The standard InChI is InChI=1S/C12H11Cl3O3/c1-2-7(12(16)17)3-4-18-11-9(14)5-8(13)6-10(11)15/h3,5-6H,2,4H2,1H3,(H,16,17). The summed E-state index contributed by atoms with van der Waals surface area (Å²) in [6.07, 6.45) is 1.89. The van der Waals surface area contributed by atoms with E-state index in [1.807, 2.05) is 0 Å². The van der Waals surface area contributed by atoms with Crippen LogP contribution in [0.15, 0.2) is 23.8 Å². The van der Waals surface area contributed by atoms with Crippen LogP contribution in [-0.2, 0) is 4.79 Å². The summed E-state index contributed by atoms with van der Waals surface area (Å²) in [6.45, 7) is 1.83. The molecule has 0 fully saturated rings. The van der Waals surface area contributed by atoms with Gasteiger partial charge in [0.25, 0.3) is 0 Å². The predicted molar refractivity (Wildman–Crippen MR) is 73.0 cm³/mol. The van der Waals surface area contributed by atoms with E-state index in [9.17, 15) is 4.79 Å². The Labute approximate surface area is 120 Å². The molecule has 1 N–H and O–H groups in total. The Morgan fingerprint density at radius 2 is 1.89 bits per heavy atom. The van der Waals surface area contributed by atoms with E-state index in [1.165, 1.54) is 18.2 Å². The first kappa shape index (κ1) is 15.2. The molecule has 1 aromatic rings. The fourth-order valence-corrected chi connectivity index (χ4v) is 2.20. The number of carboxylic acids is 1. The Morgan fingerprint density at radius 1 is 1.33 bits per heavy atom. The van der Waals surface area contributed by atoms with Crippen LogP contribution in [0.4, 0.5) is 0 Å². The van der Waals surface area contributed by atoms with Crippen molar-refractivity contribution in [1.82, 2.24) is 0 Å². The van der Waals surface area contributed by atoms with E-state index in [1.54, 1.807) is 6.92 Å². The molecule has 0 unspecified atom stereocenters. The first-order valence-corrected chi connectivity index (χ1v) is 6.28. The molecule has 0 amide bonds. The van der Waals surface area contributed by atoms with Gasteiger partial charge in [-0.1, -0.05) is 41.7 Å². The molecule has 0 aliphatic rings. The van der Waals surface area contributed by atoms with E-state index in [0.717, 1.165) is 0 Å². The Kier molecular flexibility index (Phi) is 5.79. The molecular formula is C12H11Cl3O3. The molecule has 0 aliphatic heterocycles. The molecule has 0 aliphatic carbocycles. The minimum atomic E-state index is -0.964. The highest BCUT2D eigenvalue weighted by Gasteiger charge is 2.09. The Bertz CT molecular complexity index is 460. The number of hydrogen-bond acceptors (Lipinski definition) is 2. The van der Waals surface area contributed by atoms with Gasteiger partial charge in [0, 0.05) is 10.6 Å². The van der Waals surface area contributed by atoms with Gasteiger partial charge in [-0.05, 0) is 24.6 Å². The van der Waals surface area contributed by atoms with E-state index in [2.05, 4.69) is 0 Å².